The molecule has 1 atom stereocenters. The number of aromatic nitrogens is 2. The lowest BCUT2D eigenvalue weighted by atomic mass is 10.2. The first-order chi connectivity index (χ1) is 6.20. The standard InChI is InChI=1S/C10H19N3/c1-5-8(2)13-9(3)10(6-11-4)7-12-13/h7-8,11H,5-6H2,1-4H3. The van der Waals surface area contributed by atoms with Crippen LogP contribution >= 0.6 is 0 Å². The van der Waals surface area contributed by atoms with E-state index in [1.807, 2.05) is 13.2 Å². The van der Waals surface area contributed by atoms with Gasteiger partial charge >= 0.3 is 0 Å². The third-order valence-corrected chi connectivity index (χ3v) is 2.52. The molecule has 3 heteroatoms. The second kappa shape index (κ2) is 4.42. The molecule has 1 rings (SSSR count). The van der Waals surface area contributed by atoms with Crippen molar-refractivity contribution in [2.45, 2.75) is 39.8 Å². The van der Waals surface area contributed by atoms with Crippen molar-refractivity contribution in [3.8, 4) is 0 Å². The molecule has 0 fully saturated rings. The van der Waals surface area contributed by atoms with Gasteiger partial charge in [-0.05, 0) is 27.3 Å². The summed E-state index contributed by atoms with van der Waals surface area (Å²) in [6.07, 6.45) is 3.08. The third kappa shape index (κ3) is 2.10. The predicted molar refractivity (Wildman–Crippen MR) is 54.7 cm³/mol. The van der Waals surface area contributed by atoms with Gasteiger partial charge in [-0.2, -0.15) is 5.10 Å². The second-order valence-electron chi connectivity index (χ2n) is 3.49. The molecule has 1 heterocycles. The van der Waals surface area contributed by atoms with Gasteiger partial charge in [-0.3, -0.25) is 4.68 Å². The third-order valence-electron chi connectivity index (χ3n) is 2.52. The molecule has 0 spiro atoms. The van der Waals surface area contributed by atoms with Crippen LogP contribution in [0.2, 0.25) is 0 Å². The molecule has 0 saturated heterocycles. The average molecular weight is 181 g/mol. The van der Waals surface area contributed by atoms with Gasteiger partial charge < -0.3 is 5.32 Å². The Labute approximate surface area is 80.1 Å². The summed E-state index contributed by atoms with van der Waals surface area (Å²) in [6.45, 7) is 7.42. The van der Waals surface area contributed by atoms with Crippen molar-refractivity contribution in [3.63, 3.8) is 0 Å². The van der Waals surface area contributed by atoms with Crippen LogP contribution in [0.4, 0.5) is 0 Å². The van der Waals surface area contributed by atoms with Gasteiger partial charge in [0.05, 0.1) is 6.20 Å². The van der Waals surface area contributed by atoms with E-state index in [0.717, 1.165) is 13.0 Å². The Morgan fingerprint density at radius 2 is 2.31 bits per heavy atom. The summed E-state index contributed by atoms with van der Waals surface area (Å²) in [4.78, 5) is 0. The molecule has 1 N–H and O–H groups in total. The topological polar surface area (TPSA) is 29.9 Å². The molecule has 3 nitrogen and oxygen atoms in total. The van der Waals surface area contributed by atoms with Crippen LogP contribution in [0.1, 0.15) is 37.6 Å². The summed E-state index contributed by atoms with van der Waals surface area (Å²) in [6, 6.07) is 0.505. The quantitative estimate of drug-likeness (QED) is 0.768. The lowest BCUT2D eigenvalue weighted by Gasteiger charge is -2.11. The van der Waals surface area contributed by atoms with E-state index in [4.69, 9.17) is 0 Å². The number of hydrogen-bond donors (Lipinski definition) is 1. The zero-order valence-electron chi connectivity index (χ0n) is 8.96. The minimum atomic E-state index is 0.505. The van der Waals surface area contributed by atoms with Crippen LogP contribution in [-0.2, 0) is 6.54 Å². The second-order valence-corrected chi connectivity index (χ2v) is 3.49. The molecule has 1 unspecified atom stereocenters. The van der Waals surface area contributed by atoms with E-state index >= 15 is 0 Å². The summed E-state index contributed by atoms with van der Waals surface area (Å²) < 4.78 is 2.10. The van der Waals surface area contributed by atoms with Crippen molar-refractivity contribution in [3.05, 3.63) is 17.5 Å². The van der Waals surface area contributed by atoms with Gasteiger partial charge in [0.2, 0.25) is 0 Å². The maximum atomic E-state index is 4.38. The first-order valence-corrected chi connectivity index (χ1v) is 4.88. The molecule has 0 saturated carbocycles. The average Bonchev–Trinajstić information content (AvgIpc) is 2.48. The van der Waals surface area contributed by atoms with Crippen molar-refractivity contribution in [1.29, 1.82) is 0 Å². The Morgan fingerprint density at radius 3 is 2.85 bits per heavy atom. The molecule has 0 radical (unpaired) electrons. The summed E-state index contributed by atoms with van der Waals surface area (Å²) in [5.41, 5.74) is 2.58. The molecule has 74 valence electrons. The van der Waals surface area contributed by atoms with Crippen molar-refractivity contribution in [2.75, 3.05) is 7.05 Å². The van der Waals surface area contributed by atoms with Gasteiger partial charge in [0.25, 0.3) is 0 Å². The summed E-state index contributed by atoms with van der Waals surface area (Å²) in [7, 11) is 1.96. The van der Waals surface area contributed by atoms with Crippen LogP contribution in [-0.4, -0.2) is 16.8 Å². The van der Waals surface area contributed by atoms with Gasteiger partial charge in [-0.25, -0.2) is 0 Å². The van der Waals surface area contributed by atoms with E-state index < -0.39 is 0 Å². The first-order valence-electron chi connectivity index (χ1n) is 4.88. The number of rotatable bonds is 4. The van der Waals surface area contributed by atoms with E-state index in [9.17, 15) is 0 Å². The van der Waals surface area contributed by atoms with Crippen molar-refractivity contribution < 1.29 is 0 Å². The number of nitrogens with zero attached hydrogens (tertiary/aromatic N) is 2. The molecule has 0 aliphatic carbocycles. The van der Waals surface area contributed by atoms with Gasteiger partial charge in [0, 0.05) is 23.8 Å². The van der Waals surface area contributed by atoms with E-state index in [2.05, 4.69) is 35.9 Å². The highest BCUT2D eigenvalue weighted by Crippen LogP contribution is 2.15. The zero-order valence-corrected chi connectivity index (χ0v) is 8.96. The van der Waals surface area contributed by atoms with Crippen LogP contribution in [0.25, 0.3) is 0 Å². The zero-order chi connectivity index (χ0) is 9.84. The molecule has 1 aromatic heterocycles. The molecule has 0 amide bonds. The molecule has 0 bridgehead atoms. The Hall–Kier alpha value is -0.830. The highest BCUT2D eigenvalue weighted by Gasteiger charge is 2.09. The molecule has 0 aliphatic heterocycles. The smallest absolute Gasteiger partial charge is 0.0537 e. The monoisotopic (exact) mass is 181 g/mol. The first kappa shape index (κ1) is 10.3. The summed E-state index contributed by atoms with van der Waals surface area (Å²) in [5, 5.41) is 7.52. The van der Waals surface area contributed by atoms with Crippen LogP contribution in [0, 0.1) is 6.92 Å². The van der Waals surface area contributed by atoms with Gasteiger partial charge in [0.15, 0.2) is 0 Å². The minimum Gasteiger partial charge on any atom is -0.316 e. The Balaban J connectivity index is 2.85. The van der Waals surface area contributed by atoms with Crippen LogP contribution in [0.5, 0.6) is 0 Å². The highest BCUT2D eigenvalue weighted by atomic mass is 15.3. The fraction of sp³-hybridized carbons (Fsp3) is 0.700. The SMILES string of the molecule is CCC(C)n1ncc(CNC)c1C. The normalized spacial score (nSPS) is 13.2. The van der Waals surface area contributed by atoms with Crippen molar-refractivity contribution in [1.82, 2.24) is 15.1 Å². The van der Waals surface area contributed by atoms with Gasteiger partial charge in [-0.1, -0.05) is 6.92 Å². The lowest BCUT2D eigenvalue weighted by molar-refractivity contribution is 0.466. The van der Waals surface area contributed by atoms with Crippen molar-refractivity contribution >= 4 is 0 Å². The van der Waals surface area contributed by atoms with Crippen molar-refractivity contribution in [2.24, 2.45) is 0 Å². The Bertz CT molecular complexity index is 265. The lowest BCUT2D eigenvalue weighted by Crippen LogP contribution is -2.10. The van der Waals surface area contributed by atoms with E-state index in [1.54, 1.807) is 0 Å². The number of hydrogen-bond acceptors (Lipinski definition) is 2. The Morgan fingerprint density at radius 1 is 1.62 bits per heavy atom. The van der Waals surface area contributed by atoms with Gasteiger partial charge in [0.1, 0.15) is 0 Å². The largest absolute Gasteiger partial charge is 0.316 e. The maximum Gasteiger partial charge on any atom is 0.0537 e. The van der Waals surface area contributed by atoms with E-state index in [1.165, 1.54) is 11.3 Å². The van der Waals surface area contributed by atoms with Gasteiger partial charge in [-0.15, -0.1) is 0 Å². The Kier molecular flexibility index (Phi) is 3.48. The molecule has 13 heavy (non-hydrogen) atoms. The van der Waals surface area contributed by atoms with Crippen LogP contribution in [0.15, 0.2) is 6.20 Å². The van der Waals surface area contributed by atoms with Crippen LogP contribution < -0.4 is 5.32 Å². The molecule has 0 aliphatic rings. The summed E-state index contributed by atoms with van der Waals surface area (Å²) >= 11 is 0. The fourth-order valence-corrected chi connectivity index (χ4v) is 1.44. The molecular weight excluding hydrogens is 162 g/mol. The van der Waals surface area contributed by atoms with E-state index in [0.29, 0.717) is 6.04 Å². The van der Waals surface area contributed by atoms with Crippen LogP contribution in [0.3, 0.4) is 0 Å². The van der Waals surface area contributed by atoms with E-state index in [-0.39, 0.29) is 0 Å². The summed E-state index contributed by atoms with van der Waals surface area (Å²) in [5.74, 6) is 0. The highest BCUT2D eigenvalue weighted by molar-refractivity contribution is 5.16. The predicted octanol–water partition coefficient (Wildman–Crippen LogP) is 1.88. The minimum absolute atomic E-state index is 0.505. The fourth-order valence-electron chi connectivity index (χ4n) is 1.44. The molecule has 0 aromatic carbocycles. The molecular formula is C10H19N3. The molecule has 1 aromatic rings. The number of nitrogens with one attached hydrogen (secondary N) is 1. The maximum absolute atomic E-state index is 4.38.